The quantitative estimate of drug-likeness (QED) is 0.104. The van der Waals surface area contributed by atoms with Crippen LogP contribution in [0, 0.1) is 0 Å². The summed E-state index contributed by atoms with van der Waals surface area (Å²) in [5.41, 5.74) is 3.71. The van der Waals surface area contributed by atoms with E-state index in [4.69, 9.17) is 5.11 Å². The fourth-order valence-electron chi connectivity index (χ4n) is 4.36. The number of imidazole rings is 1. The second-order valence-corrected chi connectivity index (χ2v) is 10.1. The molecule has 214 valence electrons. The molecule has 4 rings (SSSR count). The van der Waals surface area contributed by atoms with Crippen LogP contribution < -0.4 is 19.4 Å². The maximum Gasteiger partial charge on any atom is 0.421 e. The normalized spacial score (nSPS) is 11.5. The highest BCUT2D eigenvalue weighted by molar-refractivity contribution is 5.52. The molecule has 4 aromatic rings. The second kappa shape index (κ2) is 15.4. The van der Waals surface area contributed by atoms with Gasteiger partial charge in [-0.2, -0.15) is 0 Å². The van der Waals surface area contributed by atoms with Gasteiger partial charge in [-0.05, 0) is 79.0 Å². The number of aliphatic hydroxyl groups is 1. The maximum absolute atomic E-state index is 8.94. The first-order valence-corrected chi connectivity index (χ1v) is 14.1. The SMILES string of the molecule is CN(C)c1ccc(N=Nc2cccc[n+]2CCCCCC[n+]2ccn(C)c2N=Nc2ccc(NCCO)cc2)cc1. The Morgan fingerprint density at radius 3 is 2.10 bits per heavy atom. The molecule has 0 aliphatic heterocycles. The fourth-order valence-corrected chi connectivity index (χ4v) is 4.36. The Bertz CT molecular complexity index is 1410. The number of aliphatic hydroxyl groups excluding tert-OH is 1. The minimum Gasteiger partial charge on any atom is -0.395 e. The Hall–Kier alpha value is -4.44. The summed E-state index contributed by atoms with van der Waals surface area (Å²) in [7, 11) is 6.03. The highest BCUT2D eigenvalue weighted by atomic mass is 16.3. The van der Waals surface area contributed by atoms with Crippen LogP contribution in [-0.2, 0) is 20.1 Å². The van der Waals surface area contributed by atoms with Crippen LogP contribution in [0.5, 0.6) is 0 Å². The van der Waals surface area contributed by atoms with Gasteiger partial charge in [-0.25, -0.2) is 13.7 Å². The summed E-state index contributed by atoms with van der Waals surface area (Å²) in [6.07, 6.45) is 10.5. The molecule has 10 heteroatoms. The van der Waals surface area contributed by atoms with Gasteiger partial charge in [0.1, 0.15) is 11.4 Å². The van der Waals surface area contributed by atoms with Crippen molar-refractivity contribution in [2.75, 3.05) is 37.5 Å². The molecule has 0 saturated carbocycles. The van der Waals surface area contributed by atoms with Gasteiger partial charge in [0.2, 0.25) is 0 Å². The molecule has 2 aromatic heterocycles. The second-order valence-electron chi connectivity index (χ2n) is 10.1. The minimum atomic E-state index is 0.0995. The third kappa shape index (κ3) is 9.04. The van der Waals surface area contributed by atoms with Crippen molar-refractivity contribution in [1.82, 2.24) is 4.57 Å². The number of nitrogens with one attached hydrogen (secondary N) is 1. The predicted octanol–water partition coefficient (Wildman–Crippen LogP) is 6.16. The van der Waals surface area contributed by atoms with Crippen molar-refractivity contribution in [2.45, 2.75) is 38.8 Å². The number of nitrogens with zero attached hydrogens (tertiary/aromatic N) is 8. The van der Waals surface area contributed by atoms with E-state index in [0.29, 0.717) is 6.54 Å². The summed E-state index contributed by atoms with van der Waals surface area (Å²) >= 11 is 0. The van der Waals surface area contributed by atoms with Crippen LogP contribution in [0.15, 0.2) is 106 Å². The summed E-state index contributed by atoms with van der Waals surface area (Å²) in [5.74, 6) is 1.67. The van der Waals surface area contributed by atoms with Crippen LogP contribution in [0.25, 0.3) is 0 Å². The monoisotopic (exact) mass is 555 g/mol. The summed E-state index contributed by atoms with van der Waals surface area (Å²) in [6, 6.07) is 21.8. The summed E-state index contributed by atoms with van der Waals surface area (Å²) in [4.78, 5) is 2.07. The molecule has 2 aromatic carbocycles. The molecule has 0 fully saturated rings. The highest BCUT2D eigenvalue weighted by Crippen LogP contribution is 2.21. The van der Waals surface area contributed by atoms with E-state index in [1.807, 2.05) is 98.6 Å². The van der Waals surface area contributed by atoms with E-state index < -0.39 is 0 Å². The van der Waals surface area contributed by atoms with Gasteiger partial charge in [0.05, 0.1) is 50.4 Å². The number of rotatable bonds is 15. The fraction of sp³-hybridized carbons (Fsp3) is 0.355. The van der Waals surface area contributed by atoms with Crippen LogP contribution in [0.4, 0.5) is 34.5 Å². The van der Waals surface area contributed by atoms with Gasteiger partial charge in [-0.3, -0.25) is 0 Å². The highest BCUT2D eigenvalue weighted by Gasteiger charge is 2.14. The lowest BCUT2D eigenvalue weighted by molar-refractivity contribution is -0.686. The lowest BCUT2D eigenvalue weighted by atomic mass is 10.2. The molecule has 0 spiro atoms. The van der Waals surface area contributed by atoms with E-state index in [-0.39, 0.29) is 6.61 Å². The van der Waals surface area contributed by atoms with Crippen LogP contribution in [0.3, 0.4) is 0 Å². The molecule has 2 heterocycles. The number of hydrogen-bond donors (Lipinski definition) is 2. The van der Waals surface area contributed by atoms with Crippen molar-refractivity contribution in [3.63, 3.8) is 0 Å². The zero-order chi connectivity index (χ0) is 28.9. The number of aromatic nitrogens is 3. The Morgan fingerprint density at radius 2 is 1.41 bits per heavy atom. The Balaban J connectivity index is 1.23. The van der Waals surface area contributed by atoms with E-state index in [1.165, 1.54) is 0 Å². The number of azo groups is 2. The molecule has 10 nitrogen and oxygen atoms in total. The molecule has 0 saturated heterocycles. The lowest BCUT2D eigenvalue weighted by Gasteiger charge is -2.11. The van der Waals surface area contributed by atoms with Crippen molar-refractivity contribution >= 4 is 34.5 Å². The van der Waals surface area contributed by atoms with Gasteiger partial charge in [-0.15, -0.1) is 0 Å². The third-order valence-corrected chi connectivity index (χ3v) is 6.70. The predicted molar refractivity (Wildman–Crippen MR) is 162 cm³/mol. The maximum atomic E-state index is 8.94. The first-order valence-electron chi connectivity index (χ1n) is 14.1. The van der Waals surface area contributed by atoms with Gasteiger partial charge >= 0.3 is 11.8 Å². The zero-order valence-corrected chi connectivity index (χ0v) is 24.3. The molecule has 0 amide bonds. The van der Waals surface area contributed by atoms with Crippen molar-refractivity contribution in [1.29, 1.82) is 0 Å². The summed E-state index contributed by atoms with van der Waals surface area (Å²) < 4.78 is 6.30. The molecule has 2 N–H and O–H groups in total. The zero-order valence-electron chi connectivity index (χ0n) is 24.3. The third-order valence-electron chi connectivity index (χ3n) is 6.70. The van der Waals surface area contributed by atoms with Gasteiger partial charge in [-0.1, -0.05) is 17.6 Å². The van der Waals surface area contributed by atoms with E-state index in [9.17, 15) is 0 Å². The number of hydrogen-bond acceptors (Lipinski definition) is 7. The van der Waals surface area contributed by atoms with Crippen molar-refractivity contribution < 1.29 is 14.2 Å². The number of unbranched alkanes of at least 4 members (excludes halogenated alkanes) is 3. The topological polar surface area (TPSA) is 97.6 Å². The van der Waals surface area contributed by atoms with Crippen LogP contribution in [0.2, 0.25) is 0 Å². The minimum absolute atomic E-state index is 0.0995. The molecular formula is C31H41N9O+2. The summed E-state index contributed by atoms with van der Waals surface area (Å²) in [5, 5.41) is 30.0. The van der Waals surface area contributed by atoms with Gasteiger partial charge in [0.15, 0.2) is 0 Å². The van der Waals surface area contributed by atoms with Crippen LogP contribution in [-0.4, -0.2) is 36.9 Å². The standard InChI is InChI=1S/C31H40N9O/c1-37(2)29-17-15-28(16-18-29)33-35-30-10-6-9-21-39(30)20-7-4-5-8-22-40-24-23-38(3)31(40)36-34-27-13-11-26(12-14-27)32-19-25-41/h6,9-18,21,23-24,41H,4-5,7-8,19-20,22,25H2,1-3H3/q+1/p+1. The van der Waals surface area contributed by atoms with Crippen LogP contribution in [0.1, 0.15) is 25.7 Å². The molecule has 0 aliphatic carbocycles. The molecular weight excluding hydrogens is 514 g/mol. The average Bonchev–Trinajstić information content (AvgIpc) is 3.35. The number of anilines is 2. The van der Waals surface area contributed by atoms with Crippen LogP contribution >= 0.6 is 0 Å². The van der Waals surface area contributed by atoms with E-state index >= 15 is 0 Å². The lowest BCUT2D eigenvalue weighted by Crippen LogP contribution is -2.33. The first kappa shape index (κ1) is 29.5. The van der Waals surface area contributed by atoms with Gasteiger partial charge in [0.25, 0.3) is 0 Å². The smallest absolute Gasteiger partial charge is 0.395 e. The largest absolute Gasteiger partial charge is 0.421 e. The van der Waals surface area contributed by atoms with Gasteiger partial charge < -0.3 is 15.3 Å². The molecule has 0 radical (unpaired) electrons. The molecule has 41 heavy (non-hydrogen) atoms. The van der Waals surface area contributed by atoms with E-state index in [2.05, 4.69) is 52.2 Å². The average molecular weight is 556 g/mol. The van der Waals surface area contributed by atoms with Crippen molar-refractivity contribution in [3.05, 3.63) is 85.3 Å². The van der Waals surface area contributed by atoms with Gasteiger partial charge in [0, 0.05) is 43.2 Å². The Labute approximate surface area is 242 Å². The first-order chi connectivity index (χ1) is 20.0. The number of aryl methyl sites for hydroxylation is 3. The van der Waals surface area contributed by atoms with Crippen molar-refractivity contribution in [2.24, 2.45) is 27.5 Å². The molecule has 0 unspecified atom stereocenters. The van der Waals surface area contributed by atoms with E-state index in [0.717, 1.165) is 73.3 Å². The molecule has 0 atom stereocenters. The molecule has 0 bridgehead atoms. The van der Waals surface area contributed by atoms with Crippen molar-refractivity contribution in [3.8, 4) is 0 Å². The summed E-state index contributed by atoms with van der Waals surface area (Å²) in [6.45, 7) is 2.42. The number of benzene rings is 2. The Kier molecular flexibility index (Phi) is 11.1. The molecule has 0 aliphatic rings. The Morgan fingerprint density at radius 1 is 0.756 bits per heavy atom. The van der Waals surface area contributed by atoms with E-state index in [1.54, 1.807) is 0 Å². The number of pyridine rings is 1.